The van der Waals surface area contributed by atoms with Crippen LogP contribution in [0.1, 0.15) is 17.0 Å². The van der Waals surface area contributed by atoms with Gasteiger partial charge in [-0.05, 0) is 34.9 Å². The van der Waals surface area contributed by atoms with Crippen molar-refractivity contribution >= 4 is 22.5 Å². The highest BCUT2D eigenvalue weighted by Gasteiger charge is 2.27. The summed E-state index contributed by atoms with van der Waals surface area (Å²) in [7, 11) is 1.60. The molecule has 0 fully saturated rings. The maximum Gasteiger partial charge on any atom is 0.242 e. The van der Waals surface area contributed by atoms with Gasteiger partial charge >= 0.3 is 0 Å². The Morgan fingerprint density at radius 1 is 0.914 bits per heavy atom. The molecule has 5 aromatic rings. The standard InChI is InChI=1S/C29H26N4O2/c1-35-29-27-23(16-17-31-27)24(18-32-29)19-12-14-22(15-13-19)33-28(34)26(30)25(20-8-4-2-5-9-20)21-10-6-3-7-11-21/h2-18,25-26,31H,30H2,1H3,(H,33,34)/t26-/m0/s1. The van der Waals surface area contributed by atoms with E-state index in [-0.39, 0.29) is 11.8 Å². The number of nitrogens with zero attached hydrogens (tertiary/aromatic N) is 1. The minimum absolute atomic E-state index is 0.241. The first-order chi connectivity index (χ1) is 17.2. The molecule has 2 aromatic heterocycles. The monoisotopic (exact) mass is 462 g/mol. The average Bonchev–Trinajstić information content (AvgIpc) is 3.40. The Morgan fingerprint density at radius 3 is 2.14 bits per heavy atom. The maximum atomic E-state index is 13.2. The van der Waals surface area contributed by atoms with Crippen LogP contribution in [-0.4, -0.2) is 29.0 Å². The minimum Gasteiger partial charge on any atom is -0.479 e. The summed E-state index contributed by atoms with van der Waals surface area (Å²) < 4.78 is 5.34. The third-order valence-electron chi connectivity index (χ3n) is 6.20. The third-order valence-corrected chi connectivity index (χ3v) is 6.20. The van der Waals surface area contributed by atoms with Crippen molar-refractivity contribution in [1.82, 2.24) is 9.97 Å². The molecule has 1 atom stereocenters. The fraction of sp³-hybridized carbons (Fsp3) is 0.103. The summed E-state index contributed by atoms with van der Waals surface area (Å²) in [5, 5.41) is 4.00. The van der Waals surface area contributed by atoms with Gasteiger partial charge in [-0.2, -0.15) is 0 Å². The Balaban J connectivity index is 1.38. The van der Waals surface area contributed by atoms with Crippen molar-refractivity contribution in [2.75, 3.05) is 12.4 Å². The first-order valence-electron chi connectivity index (χ1n) is 11.4. The normalized spacial score (nSPS) is 12.0. The van der Waals surface area contributed by atoms with Crippen molar-refractivity contribution in [3.63, 3.8) is 0 Å². The Morgan fingerprint density at radius 2 is 1.54 bits per heavy atom. The molecule has 0 bridgehead atoms. The van der Waals surface area contributed by atoms with Crippen molar-refractivity contribution in [1.29, 1.82) is 0 Å². The lowest BCUT2D eigenvalue weighted by Crippen LogP contribution is -2.41. The van der Waals surface area contributed by atoms with E-state index in [2.05, 4.69) is 15.3 Å². The first-order valence-corrected chi connectivity index (χ1v) is 11.4. The van der Waals surface area contributed by atoms with Gasteiger partial charge in [0.2, 0.25) is 11.8 Å². The molecule has 35 heavy (non-hydrogen) atoms. The van der Waals surface area contributed by atoms with Gasteiger partial charge in [-0.25, -0.2) is 4.98 Å². The second-order valence-corrected chi connectivity index (χ2v) is 8.34. The van der Waals surface area contributed by atoms with Crippen molar-refractivity contribution < 1.29 is 9.53 Å². The van der Waals surface area contributed by atoms with Gasteiger partial charge in [0.05, 0.1) is 13.2 Å². The number of benzene rings is 3. The summed E-state index contributed by atoms with van der Waals surface area (Å²) in [6.45, 7) is 0. The van der Waals surface area contributed by atoms with Crippen LogP contribution in [0.15, 0.2) is 103 Å². The van der Waals surface area contributed by atoms with Crippen LogP contribution < -0.4 is 15.8 Å². The van der Waals surface area contributed by atoms with Crippen molar-refractivity contribution in [2.24, 2.45) is 5.73 Å². The molecule has 0 aliphatic carbocycles. The molecule has 5 rings (SSSR count). The topological polar surface area (TPSA) is 93.0 Å². The smallest absolute Gasteiger partial charge is 0.242 e. The van der Waals surface area contributed by atoms with E-state index in [1.165, 1.54) is 0 Å². The molecule has 0 aliphatic rings. The van der Waals surface area contributed by atoms with Crippen LogP contribution >= 0.6 is 0 Å². The minimum atomic E-state index is -0.759. The predicted molar refractivity (Wildman–Crippen MR) is 139 cm³/mol. The highest BCUT2D eigenvalue weighted by atomic mass is 16.5. The molecule has 6 heteroatoms. The number of carbonyl (C=O) groups excluding carboxylic acids is 1. The lowest BCUT2D eigenvalue weighted by Gasteiger charge is -2.24. The number of hydrogen-bond acceptors (Lipinski definition) is 4. The van der Waals surface area contributed by atoms with Crippen LogP contribution in [0, 0.1) is 0 Å². The van der Waals surface area contributed by atoms with Crippen molar-refractivity contribution in [2.45, 2.75) is 12.0 Å². The molecule has 2 heterocycles. The van der Waals surface area contributed by atoms with Gasteiger partial charge in [-0.3, -0.25) is 4.79 Å². The molecule has 174 valence electrons. The lowest BCUT2D eigenvalue weighted by atomic mass is 9.85. The second-order valence-electron chi connectivity index (χ2n) is 8.34. The van der Waals surface area contributed by atoms with Crippen LogP contribution in [0.5, 0.6) is 5.88 Å². The van der Waals surface area contributed by atoms with Crippen LogP contribution in [0.3, 0.4) is 0 Å². The molecule has 1 amide bonds. The zero-order valence-electron chi connectivity index (χ0n) is 19.3. The Bertz CT molecular complexity index is 1390. The number of rotatable bonds is 7. The molecule has 0 spiro atoms. The fourth-order valence-electron chi connectivity index (χ4n) is 4.45. The zero-order valence-corrected chi connectivity index (χ0v) is 19.3. The number of methoxy groups -OCH3 is 1. The van der Waals surface area contributed by atoms with Crippen molar-refractivity contribution in [3.8, 4) is 17.0 Å². The van der Waals surface area contributed by atoms with E-state index < -0.39 is 6.04 Å². The van der Waals surface area contributed by atoms with E-state index in [4.69, 9.17) is 10.5 Å². The fourth-order valence-corrected chi connectivity index (χ4v) is 4.45. The van der Waals surface area contributed by atoms with Gasteiger partial charge < -0.3 is 20.8 Å². The van der Waals surface area contributed by atoms with Crippen LogP contribution in [-0.2, 0) is 4.79 Å². The molecule has 0 aliphatic heterocycles. The van der Waals surface area contributed by atoms with Crippen LogP contribution in [0.2, 0.25) is 0 Å². The molecule has 6 nitrogen and oxygen atoms in total. The van der Waals surface area contributed by atoms with Crippen LogP contribution in [0.4, 0.5) is 5.69 Å². The average molecular weight is 463 g/mol. The highest BCUT2D eigenvalue weighted by molar-refractivity contribution is 5.98. The van der Waals surface area contributed by atoms with E-state index in [1.807, 2.05) is 97.2 Å². The Hall–Kier alpha value is -4.42. The molecule has 4 N–H and O–H groups in total. The van der Waals surface area contributed by atoms with Crippen molar-refractivity contribution in [3.05, 3.63) is 115 Å². The van der Waals surface area contributed by atoms with Gasteiger partial charge in [-0.15, -0.1) is 0 Å². The molecular formula is C29H26N4O2. The molecule has 3 aromatic carbocycles. The first kappa shape index (κ1) is 22.4. The van der Waals surface area contributed by atoms with Gasteiger partial charge in [0, 0.05) is 34.9 Å². The molecule has 0 unspecified atom stereocenters. The number of nitrogens with one attached hydrogen (secondary N) is 2. The highest BCUT2D eigenvalue weighted by Crippen LogP contribution is 2.33. The number of carbonyl (C=O) groups is 1. The Kier molecular flexibility index (Phi) is 6.28. The largest absolute Gasteiger partial charge is 0.479 e. The number of H-pyrrole nitrogens is 1. The number of fused-ring (bicyclic) bond motifs is 1. The third kappa shape index (κ3) is 4.52. The van der Waals surface area contributed by atoms with E-state index in [9.17, 15) is 4.79 Å². The van der Waals surface area contributed by atoms with E-state index >= 15 is 0 Å². The number of pyridine rings is 1. The Labute approximate surface area is 203 Å². The summed E-state index contributed by atoms with van der Waals surface area (Å²) in [6.07, 6.45) is 3.66. The van der Waals surface area contributed by atoms with E-state index in [0.717, 1.165) is 33.2 Å². The summed E-state index contributed by atoms with van der Waals surface area (Å²) in [5.41, 5.74) is 12.0. The number of hydrogen-bond donors (Lipinski definition) is 3. The number of aromatic nitrogens is 2. The van der Waals surface area contributed by atoms with Gasteiger partial charge in [-0.1, -0.05) is 72.8 Å². The lowest BCUT2D eigenvalue weighted by molar-refractivity contribution is -0.117. The summed E-state index contributed by atoms with van der Waals surface area (Å²) >= 11 is 0. The molecule has 0 saturated heterocycles. The van der Waals surface area contributed by atoms with Gasteiger partial charge in [0.15, 0.2) is 0 Å². The number of amides is 1. The number of aromatic amines is 1. The number of ether oxygens (including phenoxy) is 1. The second kappa shape index (κ2) is 9.83. The zero-order chi connectivity index (χ0) is 24.2. The molecule has 0 radical (unpaired) electrons. The molecule has 0 saturated carbocycles. The molecular weight excluding hydrogens is 436 g/mol. The summed E-state index contributed by atoms with van der Waals surface area (Å²) in [5.74, 6) is 0.0523. The van der Waals surface area contributed by atoms with Gasteiger partial charge in [0.1, 0.15) is 5.52 Å². The summed E-state index contributed by atoms with van der Waals surface area (Å²) in [6, 6.07) is 28.7. The van der Waals surface area contributed by atoms with E-state index in [0.29, 0.717) is 11.6 Å². The number of nitrogens with two attached hydrogens (primary N) is 1. The van der Waals surface area contributed by atoms with E-state index in [1.54, 1.807) is 13.3 Å². The quantitative estimate of drug-likeness (QED) is 0.305. The predicted octanol–water partition coefficient (Wildman–Crippen LogP) is 5.34. The maximum absolute atomic E-state index is 13.2. The summed E-state index contributed by atoms with van der Waals surface area (Å²) in [4.78, 5) is 20.8. The van der Waals surface area contributed by atoms with Crippen LogP contribution in [0.25, 0.3) is 22.0 Å². The van der Waals surface area contributed by atoms with Gasteiger partial charge in [0.25, 0.3) is 0 Å². The SMILES string of the molecule is COc1ncc(-c2ccc(NC(=O)[C@@H](N)C(c3ccccc3)c3ccccc3)cc2)c2cc[nH]c12. The number of anilines is 1.